The number of piperidine rings is 1. The average Bonchev–Trinajstić information content (AvgIpc) is 2.93. The number of hydrogen-bond acceptors (Lipinski definition) is 4. The number of ketones is 1. The molecule has 0 aromatic heterocycles. The van der Waals surface area contributed by atoms with Crippen molar-refractivity contribution in [3.8, 4) is 0 Å². The molecule has 0 unspecified atom stereocenters. The molecule has 0 aliphatic carbocycles. The lowest BCUT2D eigenvalue weighted by Gasteiger charge is -2.40. The van der Waals surface area contributed by atoms with Crippen LogP contribution in [0.4, 0.5) is 0 Å². The van der Waals surface area contributed by atoms with Crippen molar-refractivity contribution in [3.63, 3.8) is 0 Å². The van der Waals surface area contributed by atoms with Gasteiger partial charge in [-0.15, -0.1) is 12.4 Å². The van der Waals surface area contributed by atoms with Crippen LogP contribution in [0.2, 0.25) is 5.02 Å². The van der Waals surface area contributed by atoms with Gasteiger partial charge in [0, 0.05) is 30.1 Å². The number of amides is 1. The second-order valence-electron chi connectivity index (χ2n) is 10.5. The maximum absolute atomic E-state index is 12.5. The summed E-state index contributed by atoms with van der Waals surface area (Å²) in [5.74, 6) is -0.387. The van der Waals surface area contributed by atoms with Gasteiger partial charge in [0.15, 0.2) is 0 Å². The lowest BCUT2D eigenvalue weighted by molar-refractivity contribution is -0.127. The molecule has 0 spiro atoms. The molecule has 1 aliphatic rings. The van der Waals surface area contributed by atoms with Crippen LogP contribution in [-0.4, -0.2) is 47.9 Å². The van der Waals surface area contributed by atoms with Gasteiger partial charge in [0.05, 0.1) is 12.0 Å². The fraction of sp³-hybridized carbons (Fsp3) is 0.375. The summed E-state index contributed by atoms with van der Waals surface area (Å²) in [4.78, 5) is 26.5. The number of rotatable bonds is 11. The van der Waals surface area contributed by atoms with Gasteiger partial charge in [-0.3, -0.25) is 9.59 Å². The number of Topliss-reactive ketones (excluding diaryl/α,β-unsaturated/α-hetero) is 1. The molecular weight excluding hydrogens is 531 g/mol. The molecule has 5 nitrogen and oxygen atoms in total. The summed E-state index contributed by atoms with van der Waals surface area (Å²) in [6, 6.07) is 28.2. The zero-order chi connectivity index (χ0) is 27.0. The molecule has 3 aromatic rings. The summed E-state index contributed by atoms with van der Waals surface area (Å²) in [5, 5.41) is 15.0. The van der Waals surface area contributed by atoms with E-state index in [0.717, 1.165) is 49.2 Å². The summed E-state index contributed by atoms with van der Waals surface area (Å²) >= 11 is 6.04. The smallest absolute Gasteiger partial charge is 0.227 e. The van der Waals surface area contributed by atoms with Crippen LogP contribution < -0.4 is 5.32 Å². The van der Waals surface area contributed by atoms with Crippen molar-refractivity contribution >= 4 is 35.7 Å². The number of aliphatic hydroxyl groups is 1. The highest BCUT2D eigenvalue weighted by Gasteiger charge is 2.36. The van der Waals surface area contributed by atoms with Gasteiger partial charge >= 0.3 is 0 Å². The zero-order valence-corrected chi connectivity index (χ0v) is 24.0. The Balaban J connectivity index is 0.00000420. The van der Waals surface area contributed by atoms with E-state index >= 15 is 0 Å². The van der Waals surface area contributed by atoms with Gasteiger partial charge in [0.1, 0.15) is 5.78 Å². The molecule has 2 N–H and O–H groups in total. The van der Waals surface area contributed by atoms with Crippen molar-refractivity contribution in [1.29, 1.82) is 0 Å². The molecule has 1 amide bonds. The summed E-state index contributed by atoms with van der Waals surface area (Å²) in [7, 11) is 0. The molecule has 1 heterocycles. The molecule has 1 fully saturated rings. The Morgan fingerprint density at radius 1 is 0.923 bits per heavy atom. The highest BCUT2D eigenvalue weighted by molar-refractivity contribution is 6.30. The minimum absolute atomic E-state index is 0. The second-order valence-corrected chi connectivity index (χ2v) is 10.9. The van der Waals surface area contributed by atoms with Crippen molar-refractivity contribution in [2.45, 2.75) is 50.0 Å². The maximum atomic E-state index is 12.5. The van der Waals surface area contributed by atoms with Crippen LogP contribution in [0.1, 0.15) is 55.7 Å². The van der Waals surface area contributed by atoms with Crippen LogP contribution in [-0.2, 0) is 20.6 Å². The number of hydrogen-bond donors (Lipinski definition) is 2. The zero-order valence-electron chi connectivity index (χ0n) is 22.4. The lowest BCUT2D eigenvalue weighted by atomic mass is 9.71. The Kier molecular flexibility index (Phi) is 11.1. The monoisotopic (exact) mass is 568 g/mol. The standard InChI is InChI=1S/C32H37ClN2O3.ClH/c1-25(36)23-30(37)34-24-31(26-9-4-2-5-10-26,27-11-6-3-7-12-27)17-8-20-35-21-18-32(38,19-22-35)28-13-15-29(33)16-14-28;/h2-7,9-16,38H,8,17-24H2,1H3,(H,34,37);1H. The molecule has 208 valence electrons. The van der Waals surface area contributed by atoms with E-state index in [9.17, 15) is 14.7 Å². The van der Waals surface area contributed by atoms with Crippen molar-refractivity contribution in [2.75, 3.05) is 26.2 Å². The molecule has 3 aromatic carbocycles. The Morgan fingerprint density at radius 2 is 1.46 bits per heavy atom. The third-order valence-corrected chi connectivity index (χ3v) is 8.04. The molecule has 0 atom stereocenters. The summed E-state index contributed by atoms with van der Waals surface area (Å²) in [6.07, 6.45) is 3.01. The van der Waals surface area contributed by atoms with E-state index in [1.807, 2.05) is 60.7 Å². The number of carbonyl (C=O) groups is 2. The van der Waals surface area contributed by atoms with E-state index in [0.29, 0.717) is 24.4 Å². The van der Waals surface area contributed by atoms with E-state index in [2.05, 4.69) is 34.5 Å². The third-order valence-electron chi connectivity index (χ3n) is 7.79. The van der Waals surface area contributed by atoms with E-state index in [-0.39, 0.29) is 30.5 Å². The van der Waals surface area contributed by atoms with Crippen molar-refractivity contribution in [3.05, 3.63) is 107 Å². The van der Waals surface area contributed by atoms with E-state index in [1.54, 1.807) is 0 Å². The first-order chi connectivity index (χ1) is 18.3. The molecule has 0 radical (unpaired) electrons. The largest absolute Gasteiger partial charge is 0.385 e. The lowest BCUT2D eigenvalue weighted by Crippen LogP contribution is -2.44. The quantitative estimate of drug-likeness (QED) is 0.282. The average molecular weight is 570 g/mol. The number of carbonyl (C=O) groups excluding carboxylic acids is 2. The number of halogens is 2. The molecule has 1 aliphatic heterocycles. The normalized spacial score (nSPS) is 15.3. The first-order valence-corrected chi connectivity index (χ1v) is 13.8. The van der Waals surface area contributed by atoms with Gasteiger partial charge < -0.3 is 15.3 Å². The van der Waals surface area contributed by atoms with Gasteiger partial charge in [0.25, 0.3) is 0 Å². The fourth-order valence-corrected chi connectivity index (χ4v) is 5.73. The van der Waals surface area contributed by atoms with Crippen LogP contribution in [0.3, 0.4) is 0 Å². The first-order valence-electron chi connectivity index (χ1n) is 13.4. The van der Waals surface area contributed by atoms with Gasteiger partial charge in [-0.1, -0.05) is 84.4 Å². The Morgan fingerprint density at radius 3 is 1.97 bits per heavy atom. The van der Waals surface area contributed by atoms with E-state index < -0.39 is 11.0 Å². The van der Waals surface area contributed by atoms with Gasteiger partial charge in [-0.05, 0) is 68.0 Å². The number of nitrogens with one attached hydrogen (secondary N) is 1. The molecule has 0 bridgehead atoms. The van der Waals surface area contributed by atoms with Crippen LogP contribution in [0.25, 0.3) is 0 Å². The van der Waals surface area contributed by atoms with E-state index in [4.69, 9.17) is 11.6 Å². The minimum Gasteiger partial charge on any atom is -0.385 e. The third kappa shape index (κ3) is 7.92. The van der Waals surface area contributed by atoms with Crippen LogP contribution >= 0.6 is 24.0 Å². The minimum atomic E-state index is -0.820. The predicted molar refractivity (Wildman–Crippen MR) is 159 cm³/mol. The van der Waals surface area contributed by atoms with E-state index in [1.165, 1.54) is 6.92 Å². The highest BCUT2D eigenvalue weighted by atomic mass is 35.5. The van der Waals surface area contributed by atoms with Gasteiger partial charge in [-0.2, -0.15) is 0 Å². The first kappa shape index (κ1) is 30.8. The van der Waals surface area contributed by atoms with Crippen molar-refractivity contribution in [1.82, 2.24) is 10.2 Å². The molecule has 4 rings (SSSR count). The SMILES string of the molecule is CC(=O)CC(=O)NCC(CCCN1CCC(O)(c2ccc(Cl)cc2)CC1)(c1ccccc1)c1ccccc1.Cl. The summed E-state index contributed by atoms with van der Waals surface area (Å²) in [6.45, 7) is 4.40. The topological polar surface area (TPSA) is 69.6 Å². The highest BCUT2D eigenvalue weighted by Crippen LogP contribution is 2.38. The van der Waals surface area contributed by atoms with Gasteiger partial charge in [0.2, 0.25) is 5.91 Å². The number of nitrogens with zero attached hydrogens (tertiary/aromatic N) is 1. The maximum Gasteiger partial charge on any atom is 0.227 e. The summed E-state index contributed by atoms with van der Waals surface area (Å²) in [5.41, 5.74) is 1.97. The molecule has 0 saturated carbocycles. The van der Waals surface area contributed by atoms with Crippen LogP contribution in [0.15, 0.2) is 84.9 Å². The van der Waals surface area contributed by atoms with Crippen LogP contribution in [0, 0.1) is 0 Å². The Hall–Kier alpha value is -2.70. The second kappa shape index (κ2) is 14.1. The molecule has 39 heavy (non-hydrogen) atoms. The fourth-order valence-electron chi connectivity index (χ4n) is 5.60. The van der Waals surface area contributed by atoms with Crippen LogP contribution in [0.5, 0.6) is 0 Å². The van der Waals surface area contributed by atoms with Crippen molar-refractivity contribution in [2.24, 2.45) is 0 Å². The Bertz CT molecular complexity index is 1160. The molecule has 1 saturated heterocycles. The van der Waals surface area contributed by atoms with Gasteiger partial charge in [-0.25, -0.2) is 0 Å². The summed E-state index contributed by atoms with van der Waals surface area (Å²) < 4.78 is 0. The van der Waals surface area contributed by atoms with Crippen molar-refractivity contribution < 1.29 is 14.7 Å². The molecular formula is C32H38Cl2N2O3. The number of likely N-dealkylation sites (tertiary alicyclic amines) is 1. The predicted octanol–water partition coefficient (Wildman–Crippen LogP) is 5.91. The molecule has 7 heteroatoms. The Labute approximate surface area is 243 Å². The number of benzene rings is 3.